The zero-order valence-electron chi connectivity index (χ0n) is 10.1. The molecule has 5 nitrogen and oxygen atoms in total. The fourth-order valence-electron chi connectivity index (χ4n) is 1.97. The molecule has 0 fully saturated rings. The highest BCUT2D eigenvalue weighted by molar-refractivity contribution is 5.79. The highest BCUT2D eigenvalue weighted by atomic mass is 19.1. The van der Waals surface area contributed by atoms with Gasteiger partial charge in [0.25, 0.3) is 5.56 Å². The van der Waals surface area contributed by atoms with E-state index in [0.29, 0.717) is 28.8 Å². The van der Waals surface area contributed by atoms with Gasteiger partial charge in [0.05, 0.1) is 5.69 Å². The van der Waals surface area contributed by atoms with Crippen molar-refractivity contribution in [2.24, 2.45) is 0 Å². The third-order valence-electron chi connectivity index (χ3n) is 2.93. The molecule has 19 heavy (non-hydrogen) atoms. The number of aryl methyl sites for hydroxylation is 1. The van der Waals surface area contributed by atoms with Crippen LogP contribution in [0.15, 0.2) is 33.6 Å². The molecule has 0 aliphatic rings. The second-order valence-electron chi connectivity index (χ2n) is 4.27. The number of rotatable bonds is 2. The maximum Gasteiger partial charge on any atom is 0.277 e. The van der Waals surface area contributed by atoms with Crippen LogP contribution in [-0.4, -0.2) is 15.4 Å². The molecule has 96 valence electrons. The van der Waals surface area contributed by atoms with E-state index in [0.717, 1.165) is 5.56 Å². The minimum Gasteiger partial charge on any atom is -0.354 e. The lowest BCUT2D eigenvalue weighted by atomic mass is 10.1. The number of hydrogen-bond acceptors (Lipinski definition) is 4. The van der Waals surface area contributed by atoms with Gasteiger partial charge in [-0.1, -0.05) is 17.3 Å². The molecule has 0 aliphatic carbocycles. The van der Waals surface area contributed by atoms with E-state index in [4.69, 9.17) is 4.52 Å². The molecule has 0 saturated heterocycles. The van der Waals surface area contributed by atoms with Crippen molar-refractivity contribution in [3.8, 4) is 0 Å². The third-order valence-corrected chi connectivity index (χ3v) is 2.93. The zero-order valence-corrected chi connectivity index (χ0v) is 10.1. The number of aromatic nitrogens is 3. The first kappa shape index (κ1) is 11.6. The molecule has 0 amide bonds. The number of nitrogens with zero attached hydrogens (tertiary/aromatic N) is 2. The second kappa shape index (κ2) is 4.31. The summed E-state index contributed by atoms with van der Waals surface area (Å²) in [5.74, 6) is -0.293. The Morgan fingerprint density at radius 1 is 1.32 bits per heavy atom. The fourth-order valence-corrected chi connectivity index (χ4v) is 1.97. The number of fused-ring (bicyclic) bond motifs is 1. The molecule has 6 heteroatoms. The monoisotopic (exact) mass is 259 g/mol. The second-order valence-corrected chi connectivity index (χ2v) is 4.27. The van der Waals surface area contributed by atoms with Crippen molar-refractivity contribution in [1.82, 2.24) is 15.4 Å². The van der Waals surface area contributed by atoms with Crippen LogP contribution in [0.3, 0.4) is 0 Å². The smallest absolute Gasteiger partial charge is 0.277 e. The Bertz CT molecular complexity index is 790. The van der Waals surface area contributed by atoms with Gasteiger partial charge in [0, 0.05) is 6.42 Å². The Hall–Kier alpha value is -2.50. The first-order chi connectivity index (χ1) is 9.15. The molecule has 0 saturated carbocycles. The number of nitrogens with one attached hydrogen (secondary N) is 1. The number of benzene rings is 1. The summed E-state index contributed by atoms with van der Waals surface area (Å²) in [7, 11) is 0. The molecule has 0 radical (unpaired) electrons. The normalized spacial score (nSPS) is 11.1. The first-order valence-corrected chi connectivity index (χ1v) is 5.73. The van der Waals surface area contributed by atoms with Crippen LogP contribution in [-0.2, 0) is 6.42 Å². The summed E-state index contributed by atoms with van der Waals surface area (Å²) in [6.07, 6.45) is 0.433. The minimum atomic E-state index is -0.323. The number of halogens is 1. The summed E-state index contributed by atoms with van der Waals surface area (Å²) >= 11 is 0. The molecular weight excluding hydrogens is 249 g/mol. The largest absolute Gasteiger partial charge is 0.354 e. The molecule has 0 bridgehead atoms. The lowest BCUT2D eigenvalue weighted by Gasteiger charge is -2.00. The maximum absolute atomic E-state index is 12.8. The van der Waals surface area contributed by atoms with Crippen molar-refractivity contribution in [2.75, 3.05) is 0 Å². The van der Waals surface area contributed by atoms with Crippen molar-refractivity contribution >= 4 is 11.0 Å². The van der Waals surface area contributed by atoms with Gasteiger partial charge in [-0.3, -0.25) is 4.79 Å². The van der Waals surface area contributed by atoms with Crippen LogP contribution in [0.4, 0.5) is 4.39 Å². The highest BCUT2D eigenvalue weighted by Gasteiger charge is 2.14. The van der Waals surface area contributed by atoms with Gasteiger partial charge in [-0.25, -0.2) is 9.49 Å². The van der Waals surface area contributed by atoms with Gasteiger partial charge < -0.3 is 4.52 Å². The Kier molecular flexibility index (Phi) is 2.63. The average molecular weight is 259 g/mol. The van der Waals surface area contributed by atoms with E-state index < -0.39 is 0 Å². The van der Waals surface area contributed by atoms with Crippen molar-refractivity contribution in [3.63, 3.8) is 0 Å². The van der Waals surface area contributed by atoms with Gasteiger partial charge in [0.1, 0.15) is 16.9 Å². The molecule has 3 rings (SSSR count). The molecule has 0 aliphatic heterocycles. The summed E-state index contributed by atoms with van der Waals surface area (Å²) in [6.45, 7) is 1.70. The van der Waals surface area contributed by atoms with Crippen molar-refractivity contribution in [1.29, 1.82) is 0 Å². The van der Waals surface area contributed by atoms with Crippen LogP contribution in [0.2, 0.25) is 0 Å². The molecule has 0 unspecified atom stereocenters. The Balaban J connectivity index is 2.08. The van der Waals surface area contributed by atoms with Gasteiger partial charge in [-0.2, -0.15) is 5.10 Å². The first-order valence-electron chi connectivity index (χ1n) is 5.73. The Morgan fingerprint density at radius 3 is 2.79 bits per heavy atom. The van der Waals surface area contributed by atoms with Gasteiger partial charge >= 0.3 is 0 Å². The van der Waals surface area contributed by atoms with Gasteiger partial charge in [0.15, 0.2) is 5.58 Å². The van der Waals surface area contributed by atoms with E-state index in [1.165, 1.54) is 12.1 Å². The molecule has 1 aromatic carbocycles. The van der Waals surface area contributed by atoms with E-state index in [9.17, 15) is 9.18 Å². The molecule has 0 spiro atoms. The molecule has 2 heterocycles. The van der Waals surface area contributed by atoms with E-state index in [1.807, 2.05) is 0 Å². The maximum atomic E-state index is 12.8. The predicted octanol–water partition coefficient (Wildman–Crippen LogP) is 1.95. The molecule has 3 aromatic rings. The fraction of sp³-hybridized carbons (Fsp3) is 0.154. The van der Waals surface area contributed by atoms with Crippen molar-refractivity contribution < 1.29 is 8.91 Å². The topological polar surface area (TPSA) is 71.8 Å². The van der Waals surface area contributed by atoms with Gasteiger partial charge in [0.2, 0.25) is 0 Å². The summed E-state index contributed by atoms with van der Waals surface area (Å²) in [6, 6.07) is 6.09. The van der Waals surface area contributed by atoms with Crippen molar-refractivity contribution in [2.45, 2.75) is 13.3 Å². The number of hydrogen-bond donors (Lipinski definition) is 1. The molecule has 0 atom stereocenters. The average Bonchev–Trinajstić information content (AvgIpc) is 2.79. The highest BCUT2D eigenvalue weighted by Crippen LogP contribution is 2.18. The zero-order chi connectivity index (χ0) is 13.4. The predicted molar refractivity (Wildman–Crippen MR) is 66.4 cm³/mol. The SMILES string of the molecule is Cc1noc2c(Cc3ccc(F)cc3)n[nH]c(=O)c12. The van der Waals surface area contributed by atoms with E-state index in [1.54, 1.807) is 19.1 Å². The van der Waals surface area contributed by atoms with Crippen LogP contribution in [0.25, 0.3) is 11.0 Å². The standard InChI is InChI=1S/C13H10FN3O2/c1-7-11-12(19-17-7)10(15-16-13(11)18)6-8-2-4-9(14)5-3-8/h2-5H,6H2,1H3,(H,16,18). The summed E-state index contributed by atoms with van der Waals surface area (Å²) < 4.78 is 18.0. The summed E-state index contributed by atoms with van der Waals surface area (Å²) in [4.78, 5) is 11.6. The third kappa shape index (κ3) is 2.01. The van der Waals surface area contributed by atoms with Crippen LogP contribution in [0.1, 0.15) is 17.0 Å². The van der Waals surface area contributed by atoms with E-state index in [2.05, 4.69) is 15.4 Å². The van der Waals surface area contributed by atoms with E-state index in [-0.39, 0.29) is 11.4 Å². The van der Waals surface area contributed by atoms with Gasteiger partial charge in [-0.05, 0) is 24.6 Å². The quantitative estimate of drug-likeness (QED) is 0.763. The lowest BCUT2D eigenvalue weighted by Crippen LogP contribution is -2.11. The lowest BCUT2D eigenvalue weighted by molar-refractivity contribution is 0.446. The Morgan fingerprint density at radius 2 is 2.05 bits per heavy atom. The van der Waals surface area contributed by atoms with E-state index >= 15 is 0 Å². The Labute approximate surface area is 107 Å². The van der Waals surface area contributed by atoms with Crippen LogP contribution in [0.5, 0.6) is 0 Å². The minimum absolute atomic E-state index is 0.293. The van der Waals surface area contributed by atoms with Gasteiger partial charge in [-0.15, -0.1) is 0 Å². The number of H-pyrrole nitrogens is 1. The summed E-state index contributed by atoms with van der Waals surface area (Å²) in [5.41, 5.74) is 2.03. The molecule has 1 N–H and O–H groups in total. The van der Waals surface area contributed by atoms with Crippen LogP contribution in [0, 0.1) is 12.7 Å². The van der Waals surface area contributed by atoms with Crippen LogP contribution < -0.4 is 5.56 Å². The van der Waals surface area contributed by atoms with Crippen molar-refractivity contribution in [3.05, 3.63) is 57.4 Å². The van der Waals surface area contributed by atoms with Crippen LogP contribution >= 0.6 is 0 Å². The molecule has 2 aromatic heterocycles. The molecular formula is C13H10FN3O2. The summed E-state index contributed by atoms with van der Waals surface area (Å²) in [5, 5.41) is 10.6. The number of aromatic amines is 1.